The molecule has 100 valence electrons. The zero-order valence-electron chi connectivity index (χ0n) is 10.5. The van der Waals surface area contributed by atoms with Crippen molar-refractivity contribution in [3.8, 4) is 0 Å². The topological polar surface area (TPSA) is 75.4 Å². The average molecular weight is 260 g/mol. The van der Waals surface area contributed by atoms with Gasteiger partial charge in [-0.1, -0.05) is 6.42 Å². The molecule has 0 saturated heterocycles. The van der Waals surface area contributed by atoms with Gasteiger partial charge < -0.3 is 16.2 Å². The fourth-order valence-electron chi connectivity index (χ4n) is 2.20. The summed E-state index contributed by atoms with van der Waals surface area (Å²) in [5, 5.41) is 12.4. The van der Waals surface area contributed by atoms with Crippen molar-refractivity contribution in [3.05, 3.63) is 0 Å². The monoisotopic (exact) mass is 260 g/mol. The Hall–Kier alpha value is -0.260. The molecule has 1 saturated carbocycles. The van der Waals surface area contributed by atoms with Gasteiger partial charge in [0.15, 0.2) is 0 Å². The molecule has 3 atom stereocenters. The van der Waals surface area contributed by atoms with Crippen molar-refractivity contribution in [1.29, 1.82) is 0 Å². The number of rotatable bonds is 6. The van der Waals surface area contributed by atoms with E-state index in [1.54, 1.807) is 11.8 Å². The highest BCUT2D eigenvalue weighted by atomic mass is 32.2. The van der Waals surface area contributed by atoms with E-state index in [4.69, 9.17) is 5.73 Å². The van der Waals surface area contributed by atoms with Crippen LogP contribution in [-0.4, -0.2) is 41.7 Å². The van der Waals surface area contributed by atoms with Crippen LogP contribution in [0.15, 0.2) is 0 Å². The van der Waals surface area contributed by atoms with E-state index in [1.165, 1.54) is 0 Å². The van der Waals surface area contributed by atoms with Crippen LogP contribution < -0.4 is 11.1 Å². The highest BCUT2D eigenvalue weighted by Gasteiger charge is 2.21. The van der Waals surface area contributed by atoms with Crippen LogP contribution in [0.1, 0.15) is 32.1 Å². The van der Waals surface area contributed by atoms with Crippen molar-refractivity contribution < 1.29 is 9.90 Å². The lowest BCUT2D eigenvalue weighted by Gasteiger charge is -2.26. The summed E-state index contributed by atoms with van der Waals surface area (Å²) in [7, 11) is 0. The fourth-order valence-corrected chi connectivity index (χ4v) is 2.69. The zero-order valence-corrected chi connectivity index (χ0v) is 11.3. The minimum absolute atomic E-state index is 0.0564. The number of aliphatic hydroxyl groups is 1. The Morgan fingerprint density at radius 3 is 3.00 bits per heavy atom. The number of hydrogen-bond acceptors (Lipinski definition) is 4. The van der Waals surface area contributed by atoms with Gasteiger partial charge in [0, 0.05) is 6.54 Å². The summed E-state index contributed by atoms with van der Waals surface area (Å²) in [4.78, 5) is 11.7. The lowest BCUT2D eigenvalue weighted by atomic mass is 9.87. The minimum atomic E-state index is -0.393. The van der Waals surface area contributed by atoms with E-state index < -0.39 is 6.04 Å². The van der Waals surface area contributed by atoms with E-state index in [1.807, 2.05) is 6.26 Å². The maximum Gasteiger partial charge on any atom is 0.236 e. The zero-order chi connectivity index (χ0) is 12.7. The number of nitrogens with two attached hydrogens (primary N) is 1. The van der Waals surface area contributed by atoms with E-state index in [2.05, 4.69) is 5.32 Å². The molecule has 0 spiro atoms. The van der Waals surface area contributed by atoms with E-state index in [9.17, 15) is 9.90 Å². The van der Waals surface area contributed by atoms with Crippen LogP contribution in [0.5, 0.6) is 0 Å². The van der Waals surface area contributed by atoms with Crippen molar-refractivity contribution >= 4 is 17.7 Å². The summed E-state index contributed by atoms with van der Waals surface area (Å²) in [6.07, 6.45) is 6.40. The predicted octanol–water partition coefficient (Wildman–Crippen LogP) is 0.734. The highest BCUT2D eigenvalue weighted by Crippen LogP contribution is 2.23. The molecule has 0 aliphatic heterocycles. The molecule has 0 heterocycles. The van der Waals surface area contributed by atoms with Crippen molar-refractivity contribution in [2.24, 2.45) is 11.7 Å². The van der Waals surface area contributed by atoms with E-state index in [-0.39, 0.29) is 12.0 Å². The minimum Gasteiger partial charge on any atom is -0.393 e. The highest BCUT2D eigenvalue weighted by molar-refractivity contribution is 7.98. The summed E-state index contributed by atoms with van der Waals surface area (Å²) in [5.41, 5.74) is 5.77. The third kappa shape index (κ3) is 5.75. The molecule has 4 nitrogen and oxygen atoms in total. The van der Waals surface area contributed by atoms with Crippen molar-refractivity contribution in [2.75, 3.05) is 18.6 Å². The third-order valence-electron chi connectivity index (χ3n) is 3.29. The first-order valence-corrected chi connectivity index (χ1v) is 7.73. The Kier molecular flexibility index (Phi) is 6.92. The number of carbonyl (C=O) groups is 1. The molecule has 1 rings (SSSR count). The van der Waals surface area contributed by atoms with Gasteiger partial charge in [-0.15, -0.1) is 0 Å². The van der Waals surface area contributed by atoms with Gasteiger partial charge in [-0.25, -0.2) is 0 Å². The first kappa shape index (κ1) is 14.8. The van der Waals surface area contributed by atoms with Crippen molar-refractivity contribution in [3.63, 3.8) is 0 Å². The quantitative estimate of drug-likeness (QED) is 0.658. The van der Waals surface area contributed by atoms with Crippen LogP contribution in [0.2, 0.25) is 0 Å². The van der Waals surface area contributed by atoms with Crippen LogP contribution in [-0.2, 0) is 4.79 Å². The predicted molar refractivity (Wildman–Crippen MR) is 71.9 cm³/mol. The Morgan fingerprint density at radius 2 is 2.35 bits per heavy atom. The fraction of sp³-hybridized carbons (Fsp3) is 0.917. The molecule has 0 aromatic heterocycles. The van der Waals surface area contributed by atoms with Crippen LogP contribution in [0.25, 0.3) is 0 Å². The van der Waals surface area contributed by atoms with Gasteiger partial charge in [0.05, 0.1) is 12.1 Å². The third-order valence-corrected chi connectivity index (χ3v) is 3.93. The maximum absolute atomic E-state index is 11.7. The molecule has 2 unspecified atom stereocenters. The molecule has 1 fully saturated rings. The molecular weight excluding hydrogens is 236 g/mol. The molecule has 0 bridgehead atoms. The normalized spacial score (nSPS) is 26.5. The summed E-state index contributed by atoms with van der Waals surface area (Å²) in [6.45, 7) is 0.656. The number of aliphatic hydroxyl groups excluding tert-OH is 1. The van der Waals surface area contributed by atoms with Gasteiger partial charge >= 0.3 is 0 Å². The maximum atomic E-state index is 11.7. The van der Waals surface area contributed by atoms with Gasteiger partial charge in [0.25, 0.3) is 0 Å². The lowest BCUT2D eigenvalue weighted by Crippen LogP contribution is -2.43. The number of hydrogen-bond donors (Lipinski definition) is 3. The second-order valence-corrected chi connectivity index (χ2v) is 5.81. The van der Waals surface area contributed by atoms with Crippen molar-refractivity contribution in [2.45, 2.75) is 44.2 Å². The molecule has 1 aliphatic carbocycles. The molecule has 17 heavy (non-hydrogen) atoms. The molecule has 4 N–H and O–H groups in total. The second kappa shape index (κ2) is 7.95. The van der Waals surface area contributed by atoms with Gasteiger partial charge in [-0.3, -0.25) is 4.79 Å². The largest absolute Gasteiger partial charge is 0.393 e. The van der Waals surface area contributed by atoms with Gasteiger partial charge in [0.2, 0.25) is 5.91 Å². The van der Waals surface area contributed by atoms with Crippen LogP contribution in [0.4, 0.5) is 0 Å². The van der Waals surface area contributed by atoms with Gasteiger partial charge in [-0.2, -0.15) is 11.8 Å². The number of nitrogens with one attached hydrogen (secondary N) is 1. The summed E-state index contributed by atoms with van der Waals surface area (Å²) in [6, 6.07) is -0.393. The van der Waals surface area contributed by atoms with Crippen LogP contribution >= 0.6 is 11.8 Å². The standard InChI is InChI=1S/C12H24N2O2S/c1-17-6-5-11(13)12(16)14-8-9-3-2-4-10(15)7-9/h9-11,15H,2-8,13H2,1H3,(H,14,16)/t9?,10?,11-/m0/s1. The summed E-state index contributed by atoms with van der Waals surface area (Å²) in [5.74, 6) is 1.27. The first-order chi connectivity index (χ1) is 8.13. The number of carbonyl (C=O) groups excluding carboxylic acids is 1. The smallest absolute Gasteiger partial charge is 0.236 e. The first-order valence-electron chi connectivity index (χ1n) is 6.33. The van der Waals surface area contributed by atoms with Crippen LogP contribution in [0.3, 0.4) is 0 Å². The van der Waals surface area contributed by atoms with E-state index in [0.717, 1.165) is 37.9 Å². The Labute approximate surface area is 108 Å². The Balaban J connectivity index is 2.18. The Bertz CT molecular complexity index is 239. The summed E-state index contributed by atoms with van der Waals surface area (Å²) < 4.78 is 0. The molecule has 5 heteroatoms. The van der Waals surface area contributed by atoms with Gasteiger partial charge in [-0.05, 0) is 43.6 Å². The number of amides is 1. The molecule has 0 aromatic carbocycles. The molecule has 1 aliphatic rings. The lowest BCUT2D eigenvalue weighted by molar-refractivity contribution is -0.122. The second-order valence-electron chi connectivity index (χ2n) is 4.82. The molecule has 1 amide bonds. The van der Waals surface area contributed by atoms with E-state index >= 15 is 0 Å². The Morgan fingerprint density at radius 1 is 1.59 bits per heavy atom. The summed E-state index contributed by atoms with van der Waals surface area (Å²) >= 11 is 1.70. The van der Waals surface area contributed by atoms with Crippen molar-refractivity contribution in [1.82, 2.24) is 5.32 Å². The molecule has 0 aromatic rings. The van der Waals surface area contributed by atoms with Crippen LogP contribution in [0, 0.1) is 5.92 Å². The number of thioether (sulfide) groups is 1. The van der Waals surface area contributed by atoms with E-state index in [0.29, 0.717) is 12.5 Å². The molecule has 0 radical (unpaired) electrons. The average Bonchev–Trinajstić information content (AvgIpc) is 2.33. The molecular formula is C12H24N2O2S. The SMILES string of the molecule is CSCC[C@H](N)C(=O)NCC1CCCC(O)C1. The van der Waals surface area contributed by atoms with Gasteiger partial charge in [0.1, 0.15) is 0 Å².